The Balaban J connectivity index is 3.51. The molecule has 0 saturated carbocycles. The van der Waals surface area contributed by atoms with Crippen molar-refractivity contribution in [3.63, 3.8) is 0 Å². The van der Waals surface area contributed by atoms with Gasteiger partial charge in [-0.1, -0.05) is 6.92 Å². The third-order valence-electron chi connectivity index (χ3n) is 2.40. The van der Waals surface area contributed by atoms with E-state index in [9.17, 15) is 4.79 Å². The molecule has 0 heterocycles. The van der Waals surface area contributed by atoms with Crippen molar-refractivity contribution in [2.75, 3.05) is 26.9 Å². The Kier molecular flexibility index (Phi) is 10.5. The van der Waals surface area contributed by atoms with Gasteiger partial charge in [-0.25, -0.2) is 0 Å². The number of hydrogen-bond donors (Lipinski definition) is 1. The molecule has 4 heteroatoms. The quantitative estimate of drug-likeness (QED) is 0.459. The molecule has 0 aliphatic carbocycles. The zero-order valence-electron chi connectivity index (χ0n) is 10.8. The highest BCUT2D eigenvalue weighted by molar-refractivity contribution is 5.75. The Morgan fingerprint density at radius 3 is 2.56 bits per heavy atom. The Bertz CT molecular complexity index is 174. The fraction of sp³-hybridized carbons (Fsp3) is 0.917. The molecule has 0 aromatic carbocycles. The van der Waals surface area contributed by atoms with Crippen molar-refractivity contribution in [2.45, 2.75) is 45.6 Å². The maximum atomic E-state index is 11.4. The minimum Gasteiger partial charge on any atom is -0.465 e. The first-order valence-electron chi connectivity index (χ1n) is 6.15. The molecule has 1 N–H and O–H groups in total. The number of ether oxygens (including phenoxy) is 2. The zero-order chi connectivity index (χ0) is 12.2. The monoisotopic (exact) mass is 231 g/mol. The Hall–Kier alpha value is -0.610. The number of carbonyl (C=O) groups excluding carboxylic acids is 1. The van der Waals surface area contributed by atoms with Crippen molar-refractivity contribution in [1.82, 2.24) is 5.32 Å². The minimum atomic E-state index is -0.151. The zero-order valence-corrected chi connectivity index (χ0v) is 10.8. The van der Waals surface area contributed by atoms with Gasteiger partial charge >= 0.3 is 5.97 Å². The van der Waals surface area contributed by atoms with E-state index in [-0.39, 0.29) is 12.0 Å². The SMILES string of the molecule is CCOC(=O)C(CC)NCCCCCOC. The fourth-order valence-corrected chi connectivity index (χ4v) is 1.46. The molecule has 16 heavy (non-hydrogen) atoms. The number of methoxy groups -OCH3 is 1. The van der Waals surface area contributed by atoms with Crippen molar-refractivity contribution >= 4 is 5.97 Å². The number of carbonyl (C=O) groups is 1. The number of esters is 1. The largest absolute Gasteiger partial charge is 0.465 e. The fourth-order valence-electron chi connectivity index (χ4n) is 1.46. The van der Waals surface area contributed by atoms with Crippen LogP contribution in [0.2, 0.25) is 0 Å². The molecular weight excluding hydrogens is 206 g/mol. The molecule has 0 aliphatic rings. The van der Waals surface area contributed by atoms with Gasteiger partial charge in [0.25, 0.3) is 0 Å². The van der Waals surface area contributed by atoms with Crippen LogP contribution in [0.3, 0.4) is 0 Å². The summed E-state index contributed by atoms with van der Waals surface area (Å²) in [7, 11) is 1.71. The Morgan fingerprint density at radius 2 is 2.00 bits per heavy atom. The maximum absolute atomic E-state index is 11.4. The molecule has 0 amide bonds. The van der Waals surface area contributed by atoms with Gasteiger partial charge in [0, 0.05) is 13.7 Å². The molecule has 0 aromatic rings. The lowest BCUT2D eigenvalue weighted by atomic mass is 10.2. The van der Waals surface area contributed by atoms with Crippen LogP contribution in [0.25, 0.3) is 0 Å². The summed E-state index contributed by atoms with van der Waals surface area (Å²) in [6, 6.07) is -0.151. The number of nitrogens with one attached hydrogen (secondary N) is 1. The predicted octanol–water partition coefficient (Wildman–Crippen LogP) is 1.73. The van der Waals surface area contributed by atoms with E-state index in [1.54, 1.807) is 7.11 Å². The van der Waals surface area contributed by atoms with Crippen LogP contribution in [0.4, 0.5) is 0 Å². The second-order valence-electron chi connectivity index (χ2n) is 3.72. The first kappa shape index (κ1) is 15.4. The number of rotatable bonds is 10. The normalized spacial score (nSPS) is 12.4. The average molecular weight is 231 g/mol. The van der Waals surface area contributed by atoms with Gasteiger partial charge in [-0.05, 0) is 39.2 Å². The van der Waals surface area contributed by atoms with Crippen LogP contribution in [0, 0.1) is 0 Å². The molecule has 0 rings (SSSR count). The van der Waals surface area contributed by atoms with E-state index < -0.39 is 0 Å². The molecule has 0 bridgehead atoms. The van der Waals surface area contributed by atoms with Crippen LogP contribution in [0.5, 0.6) is 0 Å². The summed E-state index contributed by atoms with van der Waals surface area (Å²) in [5, 5.41) is 3.22. The van der Waals surface area contributed by atoms with Crippen molar-refractivity contribution in [2.24, 2.45) is 0 Å². The van der Waals surface area contributed by atoms with Crippen LogP contribution in [-0.2, 0) is 14.3 Å². The van der Waals surface area contributed by atoms with Crippen molar-refractivity contribution < 1.29 is 14.3 Å². The highest BCUT2D eigenvalue weighted by atomic mass is 16.5. The van der Waals surface area contributed by atoms with Gasteiger partial charge in [0.1, 0.15) is 6.04 Å². The summed E-state index contributed by atoms with van der Waals surface area (Å²) in [5.41, 5.74) is 0. The smallest absolute Gasteiger partial charge is 0.323 e. The van der Waals surface area contributed by atoms with Gasteiger partial charge in [-0.15, -0.1) is 0 Å². The lowest BCUT2D eigenvalue weighted by Gasteiger charge is -2.15. The predicted molar refractivity (Wildman–Crippen MR) is 64.4 cm³/mol. The second kappa shape index (κ2) is 10.9. The van der Waals surface area contributed by atoms with Gasteiger partial charge in [0.15, 0.2) is 0 Å². The molecule has 4 nitrogen and oxygen atoms in total. The third-order valence-corrected chi connectivity index (χ3v) is 2.40. The summed E-state index contributed by atoms with van der Waals surface area (Å²) in [6.45, 7) is 5.94. The summed E-state index contributed by atoms with van der Waals surface area (Å²) in [6.07, 6.45) is 4.05. The van der Waals surface area contributed by atoms with Gasteiger partial charge in [0.2, 0.25) is 0 Å². The second-order valence-corrected chi connectivity index (χ2v) is 3.72. The number of hydrogen-bond acceptors (Lipinski definition) is 4. The highest BCUT2D eigenvalue weighted by Crippen LogP contribution is 1.98. The van der Waals surface area contributed by atoms with Crippen LogP contribution >= 0.6 is 0 Å². The molecule has 0 aromatic heterocycles. The van der Waals surface area contributed by atoms with Crippen LogP contribution < -0.4 is 5.32 Å². The van der Waals surface area contributed by atoms with Gasteiger partial charge in [-0.2, -0.15) is 0 Å². The molecule has 96 valence electrons. The summed E-state index contributed by atoms with van der Waals surface area (Å²) >= 11 is 0. The third kappa shape index (κ3) is 7.65. The molecule has 1 unspecified atom stereocenters. The number of unbranched alkanes of at least 4 members (excludes halogenated alkanes) is 2. The lowest BCUT2D eigenvalue weighted by molar-refractivity contribution is -0.145. The Labute approximate surface area is 98.7 Å². The average Bonchev–Trinajstić information content (AvgIpc) is 2.28. The van der Waals surface area contributed by atoms with Crippen molar-refractivity contribution in [3.8, 4) is 0 Å². The summed E-state index contributed by atoms with van der Waals surface area (Å²) in [5.74, 6) is -0.137. The first-order valence-corrected chi connectivity index (χ1v) is 6.15. The highest BCUT2D eigenvalue weighted by Gasteiger charge is 2.15. The molecule has 1 atom stereocenters. The summed E-state index contributed by atoms with van der Waals surface area (Å²) < 4.78 is 9.94. The van der Waals surface area contributed by atoms with E-state index in [1.807, 2.05) is 13.8 Å². The van der Waals surface area contributed by atoms with Crippen molar-refractivity contribution in [3.05, 3.63) is 0 Å². The molecule has 0 saturated heterocycles. The molecule has 0 fully saturated rings. The Morgan fingerprint density at radius 1 is 1.25 bits per heavy atom. The molecular formula is C12H25NO3. The molecule has 0 aliphatic heterocycles. The van der Waals surface area contributed by atoms with Crippen LogP contribution in [0.15, 0.2) is 0 Å². The van der Waals surface area contributed by atoms with Crippen molar-refractivity contribution in [1.29, 1.82) is 0 Å². The minimum absolute atomic E-state index is 0.137. The first-order chi connectivity index (χ1) is 7.76. The summed E-state index contributed by atoms with van der Waals surface area (Å²) in [4.78, 5) is 11.4. The van der Waals surface area contributed by atoms with E-state index in [1.165, 1.54) is 0 Å². The topological polar surface area (TPSA) is 47.6 Å². The van der Waals surface area contributed by atoms with E-state index in [4.69, 9.17) is 9.47 Å². The standard InChI is InChI=1S/C12H25NO3/c1-4-11(12(14)16-5-2)13-9-7-6-8-10-15-3/h11,13H,4-10H2,1-3H3. The molecule has 0 radical (unpaired) electrons. The van der Waals surface area contributed by atoms with Crippen LogP contribution in [-0.4, -0.2) is 38.9 Å². The van der Waals surface area contributed by atoms with E-state index in [0.29, 0.717) is 6.61 Å². The van der Waals surface area contributed by atoms with E-state index >= 15 is 0 Å². The lowest BCUT2D eigenvalue weighted by Crippen LogP contribution is -2.38. The van der Waals surface area contributed by atoms with E-state index in [0.717, 1.165) is 38.8 Å². The van der Waals surface area contributed by atoms with Crippen LogP contribution in [0.1, 0.15) is 39.5 Å². The van der Waals surface area contributed by atoms with Gasteiger partial charge in [0.05, 0.1) is 6.61 Å². The maximum Gasteiger partial charge on any atom is 0.323 e. The van der Waals surface area contributed by atoms with Gasteiger partial charge in [-0.3, -0.25) is 4.79 Å². The van der Waals surface area contributed by atoms with Gasteiger partial charge < -0.3 is 14.8 Å². The van der Waals surface area contributed by atoms with E-state index in [2.05, 4.69) is 5.32 Å². The molecule has 0 spiro atoms.